The monoisotopic (exact) mass is 294 g/mol. The molecule has 1 aliphatic heterocycles. The Balaban J connectivity index is 2.03. The van der Waals surface area contributed by atoms with Gasteiger partial charge in [-0.05, 0) is 55.8 Å². The number of piperidine rings is 1. The Morgan fingerprint density at radius 2 is 2.30 bits per heavy atom. The molecule has 3 nitrogen and oxygen atoms in total. The zero-order valence-corrected chi connectivity index (χ0v) is 13.8. The van der Waals surface area contributed by atoms with E-state index < -0.39 is 0 Å². The van der Waals surface area contributed by atoms with Crippen LogP contribution in [0.5, 0.6) is 0 Å². The average Bonchev–Trinajstić information content (AvgIpc) is 2.84. The third kappa shape index (κ3) is 3.23. The summed E-state index contributed by atoms with van der Waals surface area (Å²) in [5.74, 6) is 0.703. The number of hydrogen-bond donors (Lipinski definition) is 1. The first-order valence-electron chi connectivity index (χ1n) is 7.42. The van der Waals surface area contributed by atoms with Gasteiger partial charge in [-0.3, -0.25) is 4.79 Å². The third-order valence-corrected chi connectivity index (χ3v) is 5.57. The molecule has 1 aromatic rings. The van der Waals surface area contributed by atoms with Crippen LogP contribution in [-0.4, -0.2) is 30.9 Å². The second kappa shape index (κ2) is 6.27. The Morgan fingerprint density at radius 1 is 1.55 bits per heavy atom. The molecule has 20 heavy (non-hydrogen) atoms. The fourth-order valence-electron chi connectivity index (χ4n) is 2.99. The quantitative estimate of drug-likeness (QED) is 0.925. The molecule has 0 bridgehead atoms. The maximum Gasteiger partial charge on any atom is 0.228 e. The number of carbonyl (C=O) groups excluding carboxylic acids is 1. The molecule has 112 valence electrons. The van der Waals surface area contributed by atoms with Crippen LogP contribution in [0.15, 0.2) is 11.4 Å². The average molecular weight is 294 g/mol. The number of amides is 1. The Morgan fingerprint density at radius 3 is 2.85 bits per heavy atom. The van der Waals surface area contributed by atoms with Crippen molar-refractivity contribution in [3.8, 4) is 0 Å². The summed E-state index contributed by atoms with van der Waals surface area (Å²) in [7, 11) is 1.93. The van der Waals surface area contributed by atoms with Gasteiger partial charge in [0.2, 0.25) is 5.91 Å². The van der Waals surface area contributed by atoms with E-state index in [9.17, 15) is 4.79 Å². The number of nitrogens with zero attached hydrogens (tertiary/aromatic N) is 1. The molecule has 1 N–H and O–H groups in total. The molecule has 0 saturated carbocycles. The molecule has 1 aromatic heterocycles. The summed E-state index contributed by atoms with van der Waals surface area (Å²) in [6.45, 7) is 9.09. The summed E-state index contributed by atoms with van der Waals surface area (Å²) in [4.78, 5) is 16.0. The minimum Gasteiger partial charge on any atom is -0.340 e. The van der Waals surface area contributed by atoms with Gasteiger partial charge < -0.3 is 10.2 Å². The summed E-state index contributed by atoms with van der Waals surface area (Å²) in [5, 5.41) is 5.52. The van der Waals surface area contributed by atoms with Crippen molar-refractivity contribution in [2.75, 3.05) is 20.1 Å². The molecule has 0 aromatic carbocycles. The van der Waals surface area contributed by atoms with Gasteiger partial charge >= 0.3 is 0 Å². The van der Waals surface area contributed by atoms with E-state index in [2.05, 4.69) is 37.5 Å². The number of aryl methyl sites for hydroxylation is 1. The van der Waals surface area contributed by atoms with Crippen LogP contribution >= 0.6 is 11.3 Å². The van der Waals surface area contributed by atoms with Gasteiger partial charge in [0, 0.05) is 17.3 Å². The van der Waals surface area contributed by atoms with Gasteiger partial charge in [0.25, 0.3) is 0 Å². The van der Waals surface area contributed by atoms with Gasteiger partial charge in [0.15, 0.2) is 0 Å². The Labute approximate surface area is 126 Å². The molecule has 1 unspecified atom stereocenters. The van der Waals surface area contributed by atoms with Gasteiger partial charge in [0.1, 0.15) is 0 Å². The largest absolute Gasteiger partial charge is 0.340 e. The van der Waals surface area contributed by atoms with Crippen molar-refractivity contribution in [3.63, 3.8) is 0 Å². The lowest BCUT2D eigenvalue weighted by Gasteiger charge is -2.38. The predicted molar refractivity (Wildman–Crippen MR) is 84.9 cm³/mol. The summed E-state index contributed by atoms with van der Waals surface area (Å²) in [6, 6.07) is 2.12. The SMILES string of the molecule is Cc1ccsc1CN(C)C(=O)C(C)(C)C1CCCNC1. The molecule has 0 radical (unpaired) electrons. The van der Waals surface area contributed by atoms with Crippen LogP contribution in [0.1, 0.15) is 37.1 Å². The van der Waals surface area contributed by atoms with E-state index >= 15 is 0 Å². The number of hydrogen-bond acceptors (Lipinski definition) is 3. The van der Waals surface area contributed by atoms with E-state index in [1.54, 1.807) is 11.3 Å². The van der Waals surface area contributed by atoms with E-state index in [0.717, 1.165) is 26.1 Å². The predicted octanol–water partition coefficient (Wildman–Crippen LogP) is 3.04. The van der Waals surface area contributed by atoms with Crippen LogP contribution in [0.4, 0.5) is 0 Å². The zero-order valence-electron chi connectivity index (χ0n) is 13.0. The van der Waals surface area contributed by atoms with Crippen molar-refractivity contribution < 1.29 is 4.79 Å². The lowest BCUT2D eigenvalue weighted by atomic mass is 9.74. The lowest BCUT2D eigenvalue weighted by molar-refractivity contribution is -0.143. The van der Waals surface area contributed by atoms with Crippen LogP contribution in [-0.2, 0) is 11.3 Å². The molecular formula is C16H26N2OS. The van der Waals surface area contributed by atoms with Crippen molar-refractivity contribution >= 4 is 17.2 Å². The minimum absolute atomic E-state index is 0.263. The van der Waals surface area contributed by atoms with Crippen molar-refractivity contribution in [3.05, 3.63) is 21.9 Å². The molecule has 0 aliphatic carbocycles. The van der Waals surface area contributed by atoms with Gasteiger partial charge in [-0.25, -0.2) is 0 Å². The fraction of sp³-hybridized carbons (Fsp3) is 0.688. The van der Waals surface area contributed by atoms with Gasteiger partial charge in [-0.2, -0.15) is 0 Å². The van der Waals surface area contributed by atoms with E-state index in [1.165, 1.54) is 16.9 Å². The van der Waals surface area contributed by atoms with Crippen LogP contribution in [0.3, 0.4) is 0 Å². The van der Waals surface area contributed by atoms with E-state index in [-0.39, 0.29) is 11.3 Å². The van der Waals surface area contributed by atoms with Crippen LogP contribution < -0.4 is 5.32 Å². The Hall–Kier alpha value is -0.870. The number of rotatable bonds is 4. The smallest absolute Gasteiger partial charge is 0.228 e. The molecule has 2 heterocycles. The van der Waals surface area contributed by atoms with Crippen molar-refractivity contribution in [1.82, 2.24) is 10.2 Å². The van der Waals surface area contributed by atoms with E-state index in [0.29, 0.717) is 5.92 Å². The van der Waals surface area contributed by atoms with Crippen molar-refractivity contribution in [1.29, 1.82) is 0 Å². The topological polar surface area (TPSA) is 32.3 Å². The maximum atomic E-state index is 12.8. The normalized spacial score (nSPS) is 19.9. The molecule has 4 heteroatoms. The van der Waals surface area contributed by atoms with E-state index in [4.69, 9.17) is 0 Å². The Bertz CT molecular complexity index is 461. The van der Waals surface area contributed by atoms with Crippen LogP contribution in [0.2, 0.25) is 0 Å². The highest BCUT2D eigenvalue weighted by molar-refractivity contribution is 7.10. The molecule has 1 aliphatic rings. The standard InChI is InChI=1S/C16H26N2OS/c1-12-7-9-20-14(12)11-18(4)15(19)16(2,3)13-6-5-8-17-10-13/h7,9,13,17H,5-6,8,10-11H2,1-4H3. The first-order chi connectivity index (χ1) is 9.43. The molecule has 1 atom stereocenters. The molecule has 1 saturated heterocycles. The zero-order chi connectivity index (χ0) is 14.8. The second-order valence-electron chi connectivity index (χ2n) is 6.45. The lowest BCUT2D eigenvalue weighted by Crippen LogP contribution is -2.47. The number of thiophene rings is 1. The molecular weight excluding hydrogens is 268 g/mol. The van der Waals surface area contributed by atoms with E-state index in [1.807, 2.05) is 11.9 Å². The Kier molecular flexibility index (Phi) is 4.86. The maximum absolute atomic E-state index is 12.8. The molecule has 1 amide bonds. The fourth-order valence-corrected chi connectivity index (χ4v) is 3.95. The summed E-state index contributed by atoms with van der Waals surface area (Å²) >= 11 is 1.74. The second-order valence-corrected chi connectivity index (χ2v) is 7.45. The molecule has 1 fully saturated rings. The highest BCUT2D eigenvalue weighted by Gasteiger charge is 2.38. The minimum atomic E-state index is -0.284. The molecule has 2 rings (SSSR count). The third-order valence-electron chi connectivity index (χ3n) is 4.56. The number of nitrogens with one attached hydrogen (secondary N) is 1. The highest BCUT2D eigenvalue weighted by atomic mass is 32.1. The van der Waals surface area contributed by atoms with Crippen LogP contribution in [0, 0.1) is 18.3 Å². The van der Waals surface area contributed by atoms with Gasteiger partial charge in [-0.15, -0.1) is 11.3 Å². The van der Waals surface area contributed by atoms with Crippen LogP contribution in [0.25, 0.3) is 0 Å². The summed E-state index contributed by atoms with van der Waals surface area (Å²) < 4.78 is 0. The summed E-state index contributed by atoms with van der Waals surface area (Å²) in [6.07, 6.45) is 2.33. The first kappa shape index (κ1) is 15.5. The molecule has 0 spiro atoms. The number of carbonyl (C=O) groups is 1. The first-order valence-corrected chi connectivity index (χ1v) is 8.30. The highest BCUT2D eigenvalue weighted by Crippen LogP contribution is 2.34. The van der Waals surface area contributed by atoms with Crippen molar-refractivity contribution in [2.24, 2.45) is 11.3 Å². The van der Waals surface area contributed by atoms with Gasteiger partial charge in [-0.1, -0.05) is 13.8 Å². The van der Waals surface area contributed by atoms with Crippen molar-refractivity contribution in [2.45, 2.75) is 40.2 Å². The summed E-state index contributed by atoms with van der Waals surface area (Å²) in [5.41, 5.74) is 1.000. The van der Waals surface area contributed by atoms with Gasteiger partial charge in [0.05, 0.1) is 6.54 Å².